The first-order valence-electron chi connectivity index (χ1n) is 5.63. The Morgan fingerprint density at radius 1 is 1.06 bits per heavy atom. The standard InChI is InChI=1S/C12H14N4O2/c13-10-2-3-11(17)15(8-10)6-1-7-16-9-14-5-4-12(16)18/h2-5,8-9H,1,6-7,13H2. The monoisotopic (exact) mass is 246 g/mol. The van der Waals surface area contributed by atoms with Crippen LogP contribution < -0.4 is 16.9 Å². The predicted molar refractivity (Wildman–Crippen MR) is 68.2 cm³/mol. The summed E-state index contributed by atoms with van der Waals surface area (Å²) in [6, 6.07) is 4.42. The third kappa shape index (κ3) is 2.85. The zero-order valence-corrected chi connectivity index (χ0v) is 9.82. The van der Waals surface area contributed by atoms with Crippen molar-refractivity contribution in [3.05, 3.63) is 57.6 Å². The lowest BCUT2D eigenvalue weighted by Gasteiger charge is -2.07. The highest BCUT2D eigenvalue weighted by molar-refractivity contribution is 5.33. The second-order valence-corrected chi connectivity index (χ2v) is 3.96. The fraction of sp³-hybridized carbons (Fsp3) is 0.250. The molecule has 0 aliphatic heterocycles. The zero-order chi connectivity index (χ0) is 13.0. The Morgan fingerprint density at radius 3 is 2.56 bits per heavy atom. The van der Waals surface area contributed by atoms with Crippen molar-refractivity contribution >= 4 is 5.69 Å². The van der Waals surface area contributed by atoms with Gasteiger partial charge in [0.1, 0.15) is 0 Å². The van der Waals surface area contributed by atoms with Crippen LogP contribution in [-0.4, -0.2) is 14.1 Å². The molecule has 0 amide bonds. The molecule has 2 aromatic heterocycles. The maximum Gasteiger partial charge on any atom is 0.253 e. The summed E-state index contributed by atoms with van der Waals surface area (Å²) in [5.41, 5.74) is 5.97. The number of anilines is 1. The molecule has 0 aliphatic rings. The molecule has 0 saturated carbocycles. The molecule has 0 fully saturated rings. The average molecular weight is 246 g/mol. The van der Waals surface area contributed by atoms with Crippen LogP contribution in [0.4, 0.5) is 5.69 Å². The van der Waals surface area contributed by atoms with E-state index in [0.29, 0.717) is 25.2 Å². The second-order valence-electron chi connectivity index (χ2n) is 3.96. The van der Waals surface area contributed by atoms with Crippen LogP contribution in [-0.2, 0) is 13.1 Å². The van der Waals surface area contributed by atoms with Gasteiger partial charge in [-0.15, -0.1) is 0 Å². The summed E-state index contributed by atoms with van der Waals surface area (Å²) < 4.78 is 3.05. The molecular weight excluding hydrogens is 232 g/mol. The number of aromatic nitrogens is 3. The van der Waals surface area contributed by atoms with Gasteiger partial charge in [0.25, 0.3) is 11.1 Å². The first-order valence-corrected chi connectivity index (χ1v) is 5.63. The second kappa shape index (κ2) is 5.31. The summed E-state index contributed by atoms with van der Waals surface area (Å²) in [6.07, 6.45) is 5.22. The molecule has 2 heterocycles. The van der Waals surface area contributed by atoms with Crippen molar-refractivity contribution in [3.8, 4) is 0 Å². The number of aryl methyl sites for hydroxylation is 2. The van der Waals surface area contributed by atoms with Crippen LogP contribution in [0, 0.1) is 0 Å². The van der Waals surface area contributed by atoms with Crippen LogP contribution in [0.25, 0.3) is 0 Å². The zero-order valence-electron chi connectivity index (χ0n) is 9.82. The average Bonchev–Trinajstić information content (AvgIpc) is 2.36. The number of rotatable bonds is 4. The van der Waals surface area contributed by atoms with Gasteiger partial charge in [-0.05, 0) is 12.5 Å². The van der Waals surface area contributed by atoms with Gasteiger partial charge in [-0.25, -0.2) is 4.98 Å². The van der Waals surface area contributed by atoms with Gasteiger partial charge in [0, 0.05) is 43.3 Å². The van der Waals surface area contributed by atoms with Gasteiger partial charge in [0.05, 0.1) is 6.33 Å². The van der Waals surface area contributed by atoms with E-state index in [1.54, 1.807) is 12.3 Å². The van der Waals surface area contributed by atoms with Crippen LogP contribution in [0.2, 0.25) is 0 Å². The molecule has 0 atom stereocenters. The summed E-state index contributed by atoms with van der Waals surface area (Å²) in [6.45, 7) is 1.04. The molecule has 94 valence electrons. The van der Waals surface area contributed by atoms with Crippen LogP contribution in [0.1, 0.15) is 6.42 Å². The smallest absolute Gasteiger partial charge is 0.253 e. The van der Waals surface area contributed by atoms with Gasteiger partial charge in [-0.3, -0.25) is 14.2 Å². The number of nitrogens with two attached hydrogens (primary N) is 1. The van der Waals surface area contributed by atoms with E-state index in [0.717, 1.165) is 0 Å². The summed E-state index contributed by atoms with van der Waals surface area (Å²) in [5.74, 6) is 0. The molecule has 0 spiro atoms. The Bertz CT molecular complexity index is 645. The van der Waals surface area contributed by atoms with Crippen LogP contribution in [0.5, 0.6) is 0 Å². The molecule has 2 N–H and O–H groups in total. The Balaban J connectivity index is 2.01. The van der Waals surface area contributed by atoms with Crippen molar-refractivity contribution in [2.75, 3.05) is 5.73 Å². The molecule has 0 bridgehead atoms. The van der Waals surface area contributed by atoms with Gasteiger partial charge in [-0.2, -0.15) is 0 Å². The summed E-state index contributed by atoms with van der Waals surface area (Å²) in [5, 5.41) is 0. The van der Waals surface area contributed by atoms with E-state index in [2.05, 4.69) is 4.98 Å². The lowest BCUT2D eigenvalue weighted by molar-refractivity contribution is 0.539. The molecular formula is C12H14N4O2. The quantitative estimate of drug-likeness (QED) is 0.828. The molecule has 0 aromatic carbocycles. The Hall–Kier alpha value is -2.37. The van der Waals surface area contributed by atoms with Gasteiger partial charge in [0.15, 0.2) is 0 Å². The van der Waals surface area contributed by atoms with E-state index in [-0.39, 0.29) is 11.1 Å². The van der Waals surface area contributed by atoms with E-state index in [9.17, 15) is 9.59 Å². The van der Waals surface area contributed by atoms with Crippen LogP contribution >= 0.6 is 0 Å². The number of hydrogen-bond donors (Lipinski definition) is 1. The van der Waals surface area contributed by atoms with Gasteiger partial charge >= 0.3 is 0 Å². The van der Waals surface area contributed by atoms with E-state index in [4.69, 9.17) is 5.73 Å². The maximum absolute atomic E-state index is 11.5. The SMILES string of the molecule is Nc1ccc(=O)n(CCCn2cnccc2=O)c1. The van der Waals surface area contributed by atoms with E-state index < -0.39 is 0 Å². The van der Waals surface area contributed by atoms with Gasteiger partial charge < -0.3 is 10.3 Å². The molecule has 18 heavy (non-hydrogen) atoms. The lowest BCUT2D eigenvalue weighted by atomic mass is 10.3. The van der Waals surface area contributed by atoms with Crippen molar-refractivity contribution < 1.29 is 0 Å². The molecule has 6 nitrogen and oxygen atoms in total. The first-order chi connectivity index (χ1) is 8.66. The Morgan fingerprint density at radius 2 is 1.78 bits per heavy atom. The Kier molecular flexibility index (Phi) is 3.57. The highest BCUT2D eigenvalue weighted by Gasteiger charge is 1.98. The number of hydrogen-bond acceptors (Lipinski definition) is 4. The Labute approximate surface area is 103 Å². The predicted octanol–water partition coefficient (Wildman–Crippen LogP) is 0.0775. The van der Waals surface area contributed by atoms with E-state index in [1.807, 2.05) is 0 Å². The minimum atomic E-state index is -0.0947. The maximum atomic E-state index is 11.5. The first kappa shape index (κ1) is 12.1. The fourth-order valence-corrected chi connectivity index (χ4v) is 1.68. The van der Waals surface area contributed by atoms with Crippen molar-refractivity contribution in [2.24, 2.45) is 0 Å². The third-order valence-corrected chi connectivity index (χ3v) is 2.60. The minimum absolute atomic E-state index is 0.0927. The normalized spacial score (nSPS) is 10.4. The molecule has 6 heteroatoms. The van der Waals surface area contributed by atoms with Crippen LogP contribution in [0.15, 0.2) is 46.5 Å². The highest BCUT2D eigenvalue weighted by Crippen LogP contribution is 1.97. The number of nitrogen functional groups attached to an aromatic ring is 1. The molecule has 0 unspecified atom stereocenters. The van der Waals surface area contributed by atoms with Crippen LogP contribution in [0.3, 0.4) is 0 Å². The van der Waals surface area contributed by atoms with E-state index in [1.165, 1.54) is 33.8 Å². The van der Waals surface area contributed by atoms with Crippen molar-refractivity contribution in [1.29, 1.82) is 0 Å². The number of pyridine rings is 1. The van der Waals surface area contributed by atoms with Gasteiger partial charge in [-0.1, -0.05) is 0 Å². The fourth-order valence-electron chi connectivity index (χ4n) is 1.68. The van der Waals surface area contributed by atoms with E-state index >= 15 is 0 Å². The molecule has 2 rings (SSSR count). The van der Waals surface area contributed by atoms with Crippen molar-refractivity contribution in [2.45, 2.75) is 19.5 Å². The summed E-state index contributed by atoms with van der Waals surface area (Å²) >= 11 is 0. The molecule has 2 aromatic rings. The van der Waals surface area contributed by atoms with Crippen molar-refractivity contribution in [1.82, 2.24) is 14.1 Å². The topological polar surface area (TPSA) is 82.9 Å². The van der Waals surface area contributed by atoms with Gasteiger partial charge in [0.2, 0.25) is 0 Å². The van der Waals surface area contributed by atoms with Crippen molar-refractivity contribution in [3.63, 3.8) is 0 Å². The largest absolute Gasteiger partial charge is 0.398 e. The lowest BCUT2D eigenvalue weighted by Crippen LogP contribution is -2.22. The minimum Gasteiger partial charge on any atom is -0.398 e. The summed E-state index contributed by atoms with van der Waals surface area (Å²) in [7, 11) is 0. The molecule has 0 aliphatic carbocycles. The number of nitrogens with zero attached hydrogens (tertiary/aromatic N) is 3. The third-order valence-electron chi connectivity index (χ3n) is 2.60. The summed E-state index contributed by atoms with van der Waals surface area (Å²) in [4.78, 5) is 26.8. The molecule has 0 saturated heterocycles. The highest BCUT2D eigenvalue weighted by atomic mass is 16.1. The molecule has 0 radical (unpaired) electrons.